The smallest absolute Gasteiger partial charge is 0.381 e. The van der Waals surface area contributed by atoms with E-state index in [1.807, 2.05) is 0 Å². The lowest BCUT2D eigenvalue weighted by Gasteiger charge is -2.06. The summed E-state index contributed by atoms with van der Waals surface area (Å²) in [5, 5.41) is 0. The Kier molecular flexibility index (Phi) is 21.6. The third kappa shape index (κ3) is 39.2. The molecule has 0 rings (SSSR count). The molecule has 0 aliphatic heterocycles. The van der Waals surface area contributed by atoms with Gasteiger partial charge in [-0.3, -0.25) is 0 Å². The van der Waals surface area contributed by atoms with Crippen molar-refractivity contribution in [3.05, 3.63) is 0 Å². The first-order chi connectivity index (χ1) is 12.1. The molecule has 160 valence electrons. The van der Waals surface area contributed by atoms with Crippen LogP contribution < -0.4 is 0 Å². The van der Waals surface area contributed by atoms with E-state index in [2.05, 4.69) is 27.7 Å². The minimum Gasteiger partial charge on any atom is -0.381 e. The highest BCUT2D eigenvalue weighted by Crippen LogP contribution is 2.25. The van der Waals surface area contributed by atoms with Gasteiger partial charge < -0.3 is 19.4 Å². The van der Waals surface area contributed by atoms with Gasteiger partial charge in [0.25, 0.3) is 0 Å². The molecule has 0 aromatic rings. The Bertz CT molecular complexity index is 287. The van der Waals surface area contributed by atoms with Crippen LogP contribution in [0.3, 0.4) is 0 Å². The Morgan fingerprint density at radius 2 is 0.885 bits per heavy atom. The van der Waals surface area contributed by atoms with Crippen LogP contribution in [0.2, 0.25) is 0 Å². The Morgan fingerprint density at radius 3 is 1.19 bits per heavy atom. The number of unbranched alkanes of at least 4 members (excludes halogenated alkanes) is 8. The predicted octanol–water partition coefficient (Wildman–Crippen LogP) is 6.07. The molecule has 0 spiro atoms. The summed E-state index contributed by atoms with van der Waals surface area (Å²) in [4.78, 5) is 21.6. The molecule has 0 fully saturated rings. The predicted molar refractivity (Wildman–Crippen MR) is 110 cm³/mol. The van der Waals surface area contributed by atoms with Gasteiger partial charge in [-0.05, 0) is 24.7 Å². The molecule has 0 saturated heterocycles. The number of hydrogen-bond donors (Lipinski definition) is 3. The molecule has 3 N–H and O–H groups in total. The lowest BCUT2D eigenvalue weighted by molar-refractivity contribution is 0.125. The van der Waals surface area contributed by atoms with Gasteiger partial charge in [-0.1, -0.05) is 91.9 Å². The van der Waals surface area contributed by atoms with E-state index in [0.29, 0.717) is 0 Å². The molecule has 0 radical (unpaired) electrons. The van der Waals surface area contributed by atoms with E-state index in [1.54, 1.807) is 0 Å². The largest absolute Gasteiger partial charge is 0.466 e. The number of ether oxygens (including phenoxy) is 1. The third-order valence-electron chi connectivity index (χ3n) is 4.14. The highest BCUT2D eigenvalue weighted by Gasteiger charge is 2.00. The minimum atomic E-state index is -4.64. The second kappa shape index (κ2) is 19.8. The average molecular weight is 397 g/mol. The molecule has 0 bridgehead atoms. The van der Waals surface area contributed by atoms with E-state index in [0.717, 1.165) is 25.0 Å². The second-order valence-electron chi connectivity index (χ2n) is 8.03. The Balaban J connectivity index is 0. The highest BCUT2D eigenvalue weighted by atomic mass is 31.2. The van der Waals surface area contributed by atoms with Crippen LogP contribution in [0.15, 0.2) is 0 Å². The molecule has 0 aromatic carbocycles. The summed E-state index contributed by atoms with van der Waals surface area (Å²) in [5.41, 5.74) is 0. The lowest BCUT2D eigenvalue weighted by atomic mass is 10.0. The number of rotatable bonds is 16. The van der Waals surface area contributed by atoms with Crippen LogP contribution in [-0.4, -0.2) is 27.9 Å². The lowest BCUT2D eigenvalue weighted by Crippen LogP contribution is -1.97. The van der Waals surface area contributed by atoms with Crippen molar-refractivity contribution in [2.24, 2.45) is 11.8 Å². The zero-order chi connectivity index (χ0) is 20.3. The van der Waals surface area contributed by atoms with Crippen molar-refractivity contribution in [1.82, 2.24) is 0 Å². The summed E-state index contributed by atoms with van der Waals surface area (Å²) < 4.78 is 14.6. The van der Waals surface area contributed by atoms with Crippen LogP contribution in [0.25, 0.3) is 0 Å². The van der Waals surface area contributed by atoms with Gasteiger partial charge in [-0.15, -0.1) is 0 Å². The van der Waals surface area contributed by atoms with Crippen LogP contribution in [0.1, 0.15) is 105 Å². The minimum absolute atomic E-state index is 0.874. The van der Waals surface area contributed by atoms with Gasteiger partial charge in [-0.25, -0.2) is 4.57 Å². The topological polar surface area (TPSA) is 87.0 Å². The van der Waals surface area contributed by atoms with Gasteiger partial charge >= 0.3 is 7.82 Å². The van der Waals surface area contributed by atoms with Crippen molar-refractivity contribution in [3.63, 3.8) is 0 Å². The fourth-order valence-electron chi connectivity index (χ4n) is 2.68. The normalized spacial score (nSPS) is 11.7. The standard InChI is InChI=1S/C20H42O.H3O4P/c1-19(2)15-11-7-5-9-13-17-21-18-14-10-6-8-12-16-20(3)4;1-5(2,3)4/h19-20H,5-18H2,1-4H3;(H3,1,2,3,4). The first-order valence-electron chi connectivity index (χ1n) is 10.5. The van der Waals surface area contributed by atoms with E-state index in [1.165, 1.54) is 77.0 Å². The second-order valence-corrected chi connectivity index (χ2v) is 9.05. The summed E-state index contributed by atoms with van der Waals surface area (Å²) >= 11 is 0. The van der Waals surface area contributed by atoms with Gasteiger partial charge in [0.15, 0.2) is 0 Å². The maximum Gasteiger partial charge on any atom is 0.466 e. The third-order valence-corrected chi connectivity index (χ3v) is 4.14. The molecular formula is C20H45O5P. The monoisotopic (exact) mass is 396 g/mol. The van der Waals surface area contributed by atoms with Gasteiger partial charge in [0.1, 0.15) is 0 Å². The van der Waals surface area contributed by atoms with Crippen molar-refractivity contribution in [2.45, 2.75) is 105 Å². The molecule has 0 aliphatic rings. The molecule has 0 atom stereocenters. The highest BCUT2D eigenvalue weighted by molar-refractivity contribution is 7.45. The Hall–Kier alpha value is 0.0700. The maximum atomic E-state index is 8.88. The molecule has 0 aromatic heterocycles. The summed E-state index contributed by atoms with van der Waals surface area (Å²) in [6.45, 7) is 11.2. The van der Waals surface area contributed by atoms with Crippen molar-refractivity contribution >= 4 is 7.82 Å². The number of phosphoric acid groups is 1. The first kappa shape index (κ1) is 28.3. The summed E-state index contributed by atoms with van der Waals surface area (Å²) in [5.74, 6) is 1.75. The fourth-order valence-corrected chi connectivity index (χ4v) is 2.68. The summed E-state index contributed by atoms with van der Waals surface area (Å²) in [6, 6.07) is 0. The SMILES string of the molecule is CC(C)CCCCCCCOCCCCCCCC(C)C.O=P(O)(O)O. The van der Waals surface area contributed by atoms with E-state index >= 15 is 0 Å². The zero-order valence-corrected chi connectivity index (χ0v) is 18.6. The van der Waals surface area contributed by atoms with E-state index < -0.39 is 7.82 Å². The van der Waals surface area contributed by atoms with Crippen LogP contribution in [-0.2, 0) is 9.30 Å². The molecule has 0 unspecified atom stereocenters. The molecular weight excluding hydrogens is 351 g/mol. The van der Waals surface area contributed by atoms with Gasteiger partial charge in [0, 0.05) is 13.2 Å². The van der Waals surface area contributed by atoms with Gasteiger partial charge in [0.05, 0.1) is 0 Å². The van der Waals surface area contributed by atoms with Gasteiger partial charge in [0.2, 0.25) is 0 Å². The number of hydrogen-bond acceptors (Lipinski definition) is 2. The zero-order valence-electron chi connectivity index (χ0n) is 17.7. The molecule has 6 heteroatoms. The van der Waals surface area contributed by atoms with Crippen LogP contribution in [0.5, 0.6) is 0 Å². The molecule has 26 heavy (non-hydrogen) atoms. The molecule has 0 saturated carbocycles. The molecule has 0 aliphatic carbocycles. The molecule has 0 heterocycles. The quantitative estimate of drug-likeness (QED) is 0.218. The van der Waals surface area contributed by atoms with E-state index in [9.17, 15) is 0 Å². The molecule has 0 amide bonds. The van der Waals surface area contributed by atoms with Crippen molar-refractivity contribution in [1.29, 1.82) is 0 Å². The van der Waals surface area contributed by atoms with Crippen LogP contribution in [0.4, 0.5) is 0 Å². The summed E-state index contributed by atoms with van der Waals surface area (Å²) in [6.07, 6.45) is 16.5. The Morgan fingerprint density at radius 1 is 0.615 bits per heavy atom. The molecule has 5 nitrogen and oxygen atoms in total. The summed E-state index contributed by atoms with van der Waals surface area (Å²) in [7, 11) is -4.64. The van der Waals surface area contributed by atoms with E-state index in [-0.39, 0.29) is 0 Å². The van der Waals surface area contributed by atoms with Crippen LogP contribution >= 0.6 is 7.82 Å². The Labute approximate surface area is 162 Å². The van der Waals surface area contributed by atoms with Gasteiger partial charge in [-0.2, -0.15) is 0 Å². The van der Waals surface area contributed by atoms with Crippen molar-refractivity contribution < 1.29 is 24.0 Å². The fraction of sp³-hybridized carbons (Fsp3) is 1.00. The first-order valence-corrected chi connectivity index (χ1v) is 12.1. The average Bonchev–Trinajstić information content (AvgIpc) is 2.49. The van der Waals surface area contributed by atoms with Crippen molar-refractivity contribution in [3.8, 4) is 0 Å². The van der Waals surface area contributed by atoms with Crippen molar-refractivity contribution in [2.75, 3.05) is 13.2 Å². The maximum absolute atomic E-state index is 8.88. The van der Waals surface area contributed by atoms with Crippen LogP contribution in [0, 0.1) is 11.8 Å². The van der Waals surface area contributed by atoms with E-state index in [4.69, 9.17) is 24.0 Å².